The first-order valence-corrected chi connectivity index (χ1v) is 8.68. The number of benzene rings is 1. The number of amides is 1. The first-order chi connectivity index (χ1) is 11.5. The van der Waals surface area contributed by atoms with E-state index in [1.807, 2.05) is 24.3 Å². The lowest BCUT2D eigenvalue weighted by atomic mass is 9.81. The van der Waals surface area contributed by atoms with Crippen LogP contribution < -0.4 is 10.1 Å². The van der Waals surface area contributed by atoms with Gasteiger partial charge in [0.25, 0.3) is 0 Å². The SMILES string of the molecule is CC(C)COc1cccc(CNC(=O)C2CCCC(C(=O)O)C2)c1. The van der Waals surface area contributed by atoms with Gasteiger partial charge in [0.2, 0.25) is 5.91 Å². The van der Waals surface area contributed by atoms with E-state index in [0.29, 0.717) is 31.9 Å². The molecule has 0 aliphatic heterocycles. The van der Waals surface area contributed by atoms with Crippen molar-refractivity contribution in [1.29, 1.82) is 0 Å². The molecule has 1 saturated carbocycles. The van der Waals surface area contributed by atoms with Crippen molar-refractivity contribution in [2.45, 2.75) is 46.1 Å². The van der Waals surface area contributed by atoms with Crippen molar-refractivity contribution >= 4 is 11.9 Å². The highest BCUT2D eigenvalue weighted by molar-refractivity contribution is 5.80. The smallest absolute Gasteiger partial charge is 0.306 e. The first kappa shape index (κ1) is 18.3. The largest absolute Gasteiger partial charge is 0.493 e. The molecule has 2 N–H and O–H groups in total. The molecule has 0 radical (unpaired) electrons. The quantitative estimate of drug-likeness (QED) is 0.803. The molecule has 2 rings (SSSR count). The highest BCUT2D eigenvalue weighted by Gasteiger charge is 2.30. The Hall–Kier alpha value is -2.04. The topological polar surface area (TPSA) is 75.6 Å². The van der Waals surface area contributed by atoms with Gasteiger partial charge in [-0.2, -0.15) is 0 Å². The van der Waals surface area contributed by atoms with Crippen molar-refractivity contribution < 1.29 is 19.4 Å². The highest BCUT2D eigenvalue weighted by atomic mass is 16.5. The van der Waals surface area contributed by atoms with Crippen LogP contribution in [0.5, 0.6) is 5.75 Å². The lowest BCUT2D eigenvalue weighted by molar-refractivity contribution is -0.144. The van der Waals surface area contributed by atoms with E-state index in [2.05, 4.69) is 19.2 Å². The van der Waals surface area contributed by atoms with Crippen molar-refractivity contribution in [2.75, 3.05) is 6.61 Å². The summed E-state index contributed by atoms with van der Waals surface area (Å²) in [7, 11) is 0. The summed E-state index contributed by atoms with van der Waals surface area (Å²) in [6, 6.07) is 7.71. The number of ether oxygens (including phenoxy) is 1. The van der Waals surface area contributed by atoms with Crippen LogP contribution in [0.25, 0.3) is 0 Å². The first-order valence-electron chi connectivity index (χ1n) is 8.68. The number of carboxylic acids is 1. The molecule has 0 saturated heterocycles. The summed E-state index contributed by atoms with van der Waals surface area (Å²) in [6.07, 6.45) is 2.69. The summed E-state index contributed by atoms with van der Waals surface area (Å²) >= 11 is 0. The Labute approximate surface area is 143 Å². The van der Waals surface area contributed by atoms with Gasteiger partial charge in [-0.05, 0) is 42.9 Å². The Morgan fingerprint density at radius 2 is 2.04 bits per heavy atom. The van der Waals surface area contributed by atoms with E-state index in [9.17, 15) is 9.59 Å². The van der Waals surface area contributed by atoms with Gasteiger partial charge < -0.3 is 15.2 Å². The Bertz CT molecular complexity index is 570. The Kier molecular flexibility index (Phi) is 6.64. The van der Waals surface area contributed by atoms with Crippen LogP contribution in [0.1, 0.15) is 45.1 Å². The standard InChI is InChI=1S/C19H27NO4/c1-13(2)12-24-17-8-3-5-14(9-17)11-20-18(21)15-6-4-7-16(10-15)19(22)23/h3,5,8-9,13,15-16H,4,6-7,10-12H2,1-2H3,(H,20,21)(H,22,23). The van der Waals surface area contributed by atoms with Crippen molar-refractivity contribution in [2.24, 2.45) is 17.8 Å². The van der Waals surface area contributed by atoms with Gasteiger partial charge in [0.1, 0.15) is 5.75 Å². The predicted molar refractivity (Wildman–Crippen MR) is 91.7 cm³/mol. The second kappa shape index (κ2) is 8.71. The molecule has 24 heavy (non-hydrogen) atoms. The number of aliphatic carboxylic acids is 1. The third kappa shape index (κ3) is 5.55. The van der Waals surface area contributed by atoms with Gasteiger partial charge in [0, 0.05) is 12.5 Å². The fourth-order valence-electron chi connectivity index (χ4n) is 2.99. The zero-order valence-electron chi connectivity index (χ0n) is 14.5. The summed E-state index contributed by atoms with van der Waals surface area (Å²) < 4.78 is 5.69. The number of carbonyl (C=O) groups excluding carboxylic acids is 1. The maximum Gasteiger partial charge on any atom is 0.306 e. The average Bonchev–Trinajstić information content (AvgIpc) is 2.58. The fourth-order valence-corrected chi connectivity index (χ4v) is 2.99. The van der Waals surface area contributed by atoms with E-state index >= 15 is 0 Å². The summed E-state index contributed by atoms with van der Waals surface area (Å²) in [5, 5.41) is 12.1. The minimum Gasteiger partial charge on any atom is -0.493 e. The Morgan fingerprint density at radius 1 is 1.29 bits per heavy atom. The molecule has 1 aromatic carbocycles. The molecule has 1 fully saturated rings. The molecular weight excluding hydrogens is 306 g/mol. The van der Waals surface area contributed by atoms with Crippen molar-refractivity contribution in [3.05, 3.63) is 29.8 Å². The molecule has 0 heterocycles. The van der Waals surface area contributed by atoms with Crippen molar-refractivity contribution in [3.8, 4) is 5.75 Å². The van der Waals surface area contributed by atoms with Crippen LogP contribution in [0.15, 0.2) is 24.3 Å². The summed E-state index contributed by atoms with van der Waals surface area (Å²) in [5.74, 6) is -0.152. The second-order valence-electron chi connectivity index (χ2n) is 6.97. The van der Waals surface area contributed by atoms with Crippen LogP contribution in [0.3, 0.4) is 0 Å². The molecule has 2 unspecified atom stereocenters. The van der Waals surface area contributed by atoms with Gasteiger partial charge >= 0.3 is 5.97 Å². The van der Waals surface area contributed by atoms with Crippen molar-refractivity contribution in [3.63, 3.8) is 0 Å². The molecule has 132 valence electrons. The second-order valence-corrected chi connectivity index (χ2v) is 6.97. The van der Waals surface area contributed by atoms with Gasteiger partial charge in [-0.15, -0.1) is 0 Å². The molecule has 0 spiro atoms. The molecule has 5 nitrogen and oxygen atoms in total. The van der Waals surface area contributed by atoms with E-state index in [0.717, 1.165) is 24.2 Å². The fraction of sp³-hybridized carbons (Fsp3) is 0.579. The van der Waals surface area contributed by atoms with Crippen molar-refractivity contribution in [1.82, 2.24) is 5.32 Å². The van der Waals surface area contributed by atoms with Gasteiger partial charge in [-0.3, -0.25) is 9.59 Å². The molecule has 1 aliphatic carbocycles. The van der Waals surface area contributed by atoms with Gasteiger partial charge in [0.05, 0.1) is 12.5 Å². The Balaban J connectivity index is 1.85. The third-order valence-corrected chi connectivity index (χ3v) is 4.34. The van der Waals surface area contributed by atoms with Gasteiger partial charge in [0.15, 0.2) is 0 Å². The number of carboxylic acid groups (broad SMARTS) is 1. The van der Waals surface area contributed by atoms with E-state index < -0.39 is 5.97 Å². The van der Waals surface area contributed by atoms with E-state index in [-0.39, 0.29) is 17.7 Å². The van der Waals surface area contributed by atoms with Crippen LogP contribution in [-0.2, 0) is 16.1 Å². The normalized spacial score (nSPS) is 20.6. The number of rotatable bonds is 7. The number of nitrogens with one attached hydrogen (secondary N) is 1. The molecule has 2 atom stereocenters. The van der Waals surface area contributed by atoms with E-state index in [4.69, 9.17) is 9.84 Å². The van der Waals surface area contributed by atoms with E-state index in [1.54, 1.807) is 0 Å². The van der Waals surface area contributed by atoms with Gasteiger partial charge in [-0.1, -0.05) is 32.4 Å². The van der Waals surface area contributed by atoms with Crippen LogP contribution >= 0.6 is 0 Å². The molecule has 5 heteroatoms. The number of carbonyl (C=O) groups is 2. The minimum absolute atomic E-state index is 0.0468. The highest BCUT2D eigenvalue weighted by Crippen LogP contribution is 2.29. The van der Waals surface area contributed by atoms with Crippen LogP contribution in [-0.4, -0.2) is 23.6 Å². The Morgan fingerprint density at radius 3 is 2.75 bits per heavy atom. The average molecular weight is 333 g/mol. The van der Waals surface area contributed by atoms with E-state index in [1.165, 1.54) is 0 Å². The monoisotopic (exact) mass is 333 g/mol. The third-order valence-electron chi connectivity index (χ3n) is 4.34. The zero-order chi connectivity index (χ0) is 17.5. The molecule has 1 amide bonds. The summed E-state index contributed by atoms with van der Waals surface area (Å²) in [6.45, 7) is 5.29. The number of hydrogen-bond acceptors (Lipinski definition) is 3. The maximum absolute atomic E-state index is 12.3. The summed E-state index contributed by atoms with van der Waals surface area (Å²) in [4.78, 5) is 23.4. The molecule has 0 aromatic heterocycles. The molecule has 1 aliphatic rings. The lowest BCUT2D eigenvalue weighted by Gasteiger charge is -2.25. The molecular formula is C19H27NO4. The van der Waals surface area contributed by atoms with Crippen LogP contribution in [0.4, 0.5) is 0 Å². The maximum atomic E-state index is 12.3. The number of hydrogen-bond donors (Lipinski definition) is 2. The van der Waals surface area contributed by atoms with Crippen LogP contribution in [0.2, 0.25) is 0 Å². The zero-order valence-corrected chi connectivity index (χ0v) is 14.5. The lowest BCUT2D eigenvalue weighted by Crippen LogP contribution is -2.35. The summed E-state index contributed by atoms with van der Waals surface area (Å²) in [5.41, 5.74) is 0.982. The molecule has 0 bridgehead atoms. The predicted octanol–water partition coefficient (Wildman–Crippen LogP) is 3.23. The van der Waals surface area contributed by atoms with Crippen LogP contribution in [0, 0.1) is 17.8 Å². The molecule has 1 aromatic rings. The van der Waals surface area contributed by atoms with Gasteiger partial charge in [-0.25, -0.2) is 0 Å². The minimum atomic E-state index is -0.789.